The van der Waals surface area contributed by atoms with Gasteiger partial charge in [-0.2, -0.15) is 4.31 Å². The Kier molecular flexibility index (Phi) is 4.41. The van der Waals surface area contributed by atoms with Crippen molar-refractivity contribution in [2.45, 2.75) is 47.6 Å². The number of carboxylic acids is 1. The minimum absolute atomic E-state index is 0.0924. The Hall–Kier alpha value is -1.49. The third-order valence-electron chi connectivity index (χ3n) is 4.11. The highest BCUT2D eigenvalue weighted by atomic mass is 32.2. The van der Waals surface area contributed by atoms with E-state index in [-0.39, 0.29) is 28.8 Å². The maximum absolute atomic E-state index is 12.7. The lowest BCUT2D eigenvalue weighted by atomic mass is 10.2. The van der Waals surface area contributed by atoms with Crippen LogP contribution >= 0.6 is 0 Å². The number of carbonyl (C=O) groups is 1. The first-order valence-corrected chi connectivity index (χ1v) is 10.5. The fourth-order valence-electron chi connectivity index (χ4n) is 2.70. The molecule has 0 aromatic heterocycles. The van der Waals surface area contributed by atoms with Crippen LogP contribution < -0.4 is 4.72 Å². The Morgan fingerprint density at radius 2 is 1.79 bits per heavy atom. The summed E-state index contributed by atoms with van der Waals surface area (Å²) in [5.41, 5.74) is 0. The molecule has 1 saturated heterocycles. The number of benzene rings is 1. The summed E-state index contributed by atoms with van der Waals surface area (Å²) < 4.78 is 53.3. The highest BCUT2D eigenvalue weighted by Gasteiger charge is 2.39. The van der Waals surface area contributed by atoms with Crippen LogP contribution in [0.4, 0.5) is 0 Å². The van der Waals surface area contributed by atoms with Gasteiger partial charge in [0.2, 0.25) is 20.0 Å². The molecule has 8 nitrogen and oxygen atoms in total. The van der Waals surface area contributed by atoms with Gasteiger partial charge in [-0.15, -0.1) is 0 Å². The molecular formula is C14H18N2O6S2. The van der Waals surface area contributed by atoms with Crippen LogP contribution in [-0.2, 0) is 24.8 Å². The molecule has 0 unspecified atom stereocenters. The highest BCUT2D eigenvalue weighted by Crippen LogP contribution is 2.28. The zero-order valence-corrected chi connectivity index (χ0v) is 14.4. The van der Waals surface area contributed by atoms with Crippen molar-refractivity contribution in [1.29, 1.82) is 0 Å². The van der Waals surface area contributed by atoms with Crippen LogP contribution in [0.5, 0.6) is 0 Å². The molecule has 1 aromatic rings. The molecule has 1 aromatic carbocycles. The Bertz CT molecular complexity index is 861. The largest absolute Gasteiger partial charge is 0.480 e. The number of nitrogens with one attached hydrogen (secondary N) is 1. The van der Waals surface area contributed by atoms with E-state index >= 15 is 0 Å². The van der Waals surface area contributed by atoms with Crippen LogP contribution in [0, 0.1) is 0 Å². The highest BCUT2D eigenvalue weighted by molar-refractivity contribution is 7.90. The van der Waals surface area contributed by atoms with E-state index in [0.29, 0.717) is 6.42 Å². The third-order valence-corrected chi connectivity index (χ3v) is 7.53. The maximum Gasteiger partial charge on any atom is 0.322 e. The topological polar surface area (TPSA) is 121 Å². The molecule has 0 bridgehead atoms. The van der Waals surface area contributed by atoms with E-state index in [2.05, 4.69) is 4.72 Å². The van der Waals surface area contributed by atoms with Gasteiger partial charge in [-0.3, -0.25) is 4.79 Å². The van der Waals surface area contributed by atoms with E-state index < -0.39 is 32.1 Å². The summed E-state index contributed by atoms with van der Waals surface area (Å²) in [7, 11) is -7.85. The van der Waals surface area contributed by atoms with Crippen LogP contribution in [0.3, 0.4) is 0 Å². The summed E-state index contributed by atoms with van der Waals surface area (Å²) in [4.78, 5) is 10.9. The summed E-state index contributed by atoms with van der Waals surface area (Å²) in [5, 5.41) is 9.17. The Labute approximate surface area is 140 Å². The van der Waals surface area contributed by atoms with Crippen LogP contribution in [0.15, 0.2) is 34.1 Å². The van der Waals surface area contributed by atoms with Gasteiger partial charge in [0, 0.05) is 12.6 Å². The lowest BCUT2D eigenvalue weighted by Gasteiger charge is -2.21. The van der Waals surface area contributed by atoms with Crippen molar-refractivity contribution in [3.8, 4) is 0 Å². The van der Waals surface area contributed by atoms with Crippen molar-refractivity contribution in [2.24, 2.45) is 0 Å². The monoisotopic (exact) mass is 374 g/mol. The predicted molar refractivity (Wildman–Crippen MR) is 84.3 cm³/mol. The molecule has 1 aliphatic carbocycles. The Morgan fingerprint density at radius 1 is 1.12 bits per heavy atom. The van der Waals surface area contributed by atoms with E-state index in [1.54, 1.807) is 0 Å². The molecule has 3 rings (SSSR count). The molecule has 1 saturated carbocycles. The van der Waals surface area contributed by atoms with Crippen molar-refractivity contribution in [2.75, 3.05) is 6.54 Å². The number of hydrogen-bond donors (Lipinski definition) is 2. The molecule has 2 aliphatic rings. The van der Waals surface area contributed by atoms with Gasteiger partial charge in [-0.25, -0.2) is 21.6 Å². The molecule has 10 heteroatoms. The van der Waals surface area contributed by atoms with Gasteiger partial charge in [0.05, 0.1) is 9.79 Å². The minimum Gasteiger partial charge on any atom is -0.480 e. The van der Waals surface area contributed by atoms with Crippen molar-refractivity contribution < 1.29 is 26.7 Å². The van der Waals surface area contributed by atoms with Crippen LogP contribution in [-0.4, -0.2) is 50.8 Å². The fourth-order valence-corrected chi connectivity index (χ4v) is 5.82. The van der Waals surface area contributed by atoms with Gasteiger partial charge >= 0.3 is 5.97 Å². The lowest BCUT2D eigenvalue weighted by Crippen LogP contribution is -2.40. The van der Waals surface area contributed by atoms with E-state index in [1.807, 2.05) is 0 Å². The number of rotatable bonds is 6. The number of aliphatic carboxylic acids is 1. The van der Waals surface area contributed by atoms with Gasteiger partial charge in [-0.1, -0.05) is 6.07 Å². The normalized spacial score (nSPS) is 22.6. The van der Waals surface area contributed by atoms with Crippen molar-refractivity contribution in [3.05, 3.63) is 24.3 Å². The zero-order valence-electron chi connectivity index (χ0n) is 12.8. The molecule has 24 heavy (non-hydrogen) atoms. The van der Waals surface area contributed by atoms with E-state index in [9.17, 15) is 26.7 Å². The number of hydrogen-bond acceptors (Lipinski definition) is 5. The van der Waals surface area contributed by atoms with Crippen molar-refractivity contribution in [3.63, 3.8) is 0 Å². The lowest BCUT2D eigenvalue weighted by molar-refractivity contribution is -0.140. The van der Waals surface area contributed by atoms with E-state index in [0.717, 1.165) is 23.2 Å². The fraction of sp³-hybridized carbons (Fsp3) is 0.500. The molecule has 0 radical (unpaired) electrons. The van der Waals surface area contributed by atoms with Gasteiger partial charge in [0.1, 0.15) is 6.04 Å². The number of carboxylic acid groups (broad SMARTS) is 1. The molecule has 0 amide bonds. The summed E-state index contributed by atoms with van der Waals surface area (Å²) >= 11 is 0. The van der Waals surface area contributed by atoms with Gasteiger partial charge in [0.15, 0.2) is 0 Å². The zero-order chi connectivity index (χ0) is 17.5. The third kappa shape index (κ3) is 3.32. The molecule has 2 fully saturated rings. The van der Waals surface area contributed by atoms with Crippen molar-refractivity contribution >= 4 is 26.0 Å². The minimum atomic E-state index is -4.07. The standard InChI is InChI=1S/C14H18N2O6S2/c17-14(18)13-5-2-8-16(13)24(21,22)12-4-1-3-11(9-12)23(19,20)15-10-6-7-10/h1,3-4,9-10,13,15H,2,5-8H2,(H,17,18)/t13-/m0/s1. The van der Waals surface area contributed by atoms with Crippen molar-refractivity contribution in [1.82, 2.24) is 9.03 Å². The average molecular weight is 374 g/mol. The maximum atomic E-state index is 12.7. The smallest absolute Gasteiger partial charge is 0.322 e. The average Bonchev–Trinajstić information content (AvgIpc) is 3.17. The van der Waals surface area contributed by atoms with Gasteiger partial charge < -0.3 is 5.11 Å². The second-order valence-corrected chi connectivity index (χ2v) is 9.59. The summed E-state index contributed by atoms with van der Waals surface area (Å²) in [6, 6.07) is 3.83. The summed E-state index contributed by atoms with van der Waals surface area (Å²) in [6.07, 6.45) is 2.24. The molecule has 1 aliphatic heterocycles. The molecule has 2 N–H and O–H groups in total. The second kappa shape index (κ2) is 6.10. The summed E-state index contributed by atoms with van der Waals surface area (Å²) in [5.74, 6) is -1.20. The number of sulfonamides is 2. The summed E-state index contributed by atoms with van der Waals surface area (Å²) in [6.45, 7) is 0.108. The van der Waals surface area contributed by atoms with Crippen LogP contribution in [0.1, 0.15) is 25.7 Å². The van der Waals surface area contributed by atoms with E-state index in [1.165, 1.54) is 18.2 Å². The number of nitrogens with zero attached hydrogens (tertiary/aromatic N) is 1. The van der Waals surface area contributed by atoms with Crippen LogP contribution in [0.25, 0.3) is 0 Å². The first-order chi connectivity index (χ1) is 11.2. The van der Waals surface area contributed by atoms with Crippen LogP contribution in [0.2, 0.25) is 0 Å². The predicted octanol–water partition coefficient (Wildman–Crippen LogP) is 0.365. The quantitative estimate of drug-likeness (QED) is 0.742. The molecule has 132 valence electrons. The Morgan fingerprint density at radius 3 is 2.42 bits per heavy atom. The molecule has 1 heterocycles. The first-order valence-electron chi connectivity index (χ1n) is 7.59. The second-order valence-electron chi connectivity index (χ2n) is 5.98. The van der Waals surface area contributed by atoms with Gasteiger partial charge in [0.25, 0.3) is 0 Å². The van der Waals surface area contributed by atoms with Gasteiger partial charge in [-0.05, 0) is 43.9 Å². The molecule has 0 spiro atoms. The Balaban J connectivity index is 1.94. The molecule has 1 atom stereocenters. The molecular weight excluding hydrogens is 356 g/mol. The van der Waals surface area contributed by atoms with E-state index in [4.69, 9.17) is 0 Å². The first kappa shape index (κ1) is 17.3. The SMILES string of the molecule is O=C(O)[C@@H]1CCCN1S(=O)(=O)c1cccc(S(=O)(=O)NC2CC2)c1.